The van der Waals surface area contributed by atoms with Gasteiger partial charge in [0.25, 0.3) is 0 Å². The van der Waals surface area contributed by atoms with Gasteiger partial charge in [0.1, 0.15) is 6.04 Å². The third-order valence-corrected chi connectivity index (χ3v) is 7.07. The van der Waals surface area contributed by atoms with Crippen molar-refractivity contribution < 1.29 is 23.1 Å². The fourth-order valence-electron chi connectivity index (χ4n) is 2.85. The van der Waals surface area contributed by atoms with E-state index in [-0.39, 0.29) is 10.8 Å². The monoisotopic (exact) mass is 347 g/mol. The van der Waals surface area contributed by atoms with E-state index in [0.29, 0.717) is 30.9 Å². The molecule has 1 aliphatic heterocycles. The molecule has 22 heavy (non-hydrogen) atoms. The lowest BCUT2D eigenvalue weighted by Crippen LogP contribution is -2.48. The first kappa shape index (κ1) is 17.4. The van der Waals surface area contributed by atoms with Gasteiger partial charge in [0.15, 0.2) is 0 Å². The van der Waals surface area contributed by atoms with Gasteiger partial charge in [-0.3, -0.25) is 4.79 Å². The molecule has 0 bridgehead atoms. The van der Waals surface area contributed by atoms with Crippen LogP contribution in [0.4, 0.5) is 0 Å². The van der Waals surface area contributed by atoms with Gasteiger partial charge in [-0.05, 0) is 38.7 Å². The number of aryl methyl sites for hydroxylation is 2. The van der Waals surface area contributed by atoms with Gasteiger partial charge >= 0.3 is 5.97 Å². The van der Waals surface area contributed by atoms with Crippen molar-refractivity contribution in [1.29, 1.82) is 0 Å². The quantitative estimate of drug-likeness (QED) is 0.879. The number of nitrogens with zero attached hydrogens (tertiary/aromatic N) is 1. The second kappa shape index (κ2) is 6.66. The summed E-state index contributed by atoms with van der Waals surface area (Å²) in [5.41, 5.74) is 0. The van der Waals surface area contributed by atoms with Crippen molar-refractivity contribution in [2.75, 3.05) is 20.3 Å². The van der Waals surface area contributed by atoms with Crippen LogP contribution in [0.3, 0.4) is 0 Å². The van der Waals surface area contributed by atoms with Gasteiger partial charge in [0.2, 0.25) is 10.0 Å². The number of carboxylic acid groups (broad SMARTS) is 1. The lowest BCUT2D eigenvalue weighted by atomic mass is 9.92. The molecule has 1 aromatic heterocycles. The first-order valence-electron chi connectivity index (χ1n) is 7.10. The SMILES string of the molecule is Cc1cc(S(=O)(=O)N(C)C(C(=O)O)C2CCOCC2)c(C)s1. The van der Waals surface area contributed by atoms with Crippen LogP contribution >= 0.6 is 11.3 Å². The summed E-state index contributed by atoms with van der Waals surface area (Å²) in [6.45, 7) is 4.52. The topological polar surface area (TPSA) is 83.9 Å². The Morgan fingerprint density at radius 2 is 2.00 bits per heavy atom. The van der Waals surface area contributed by atoms with E-state index in [2.05, 4.69) is 0 Å². The normalized spacial score (nSPS) is 18.5. The van der Waals surface area contributed by atoms with Crippen molar-refractivity contribution in [3.63, 3.8) is 0 Å². The Bertz CT molecular complexity index is 646. The van der Waals surface area contributed by atoms with Crippen LogP contribution in [0.1, 0.15) is 22.6 Å². The molecule has 0 saturated carbocycles. The Hall–Kier alpha value is -0.960. The van der Waals surface area contributed by atoms with E-state index in [0.717, 1.165) is 9.18 Å². The molecule has 0 aromatic carbocycles. The predicted molar refractivity (Wildman–Crippen MR) is 83.7 cm³/mol. The zero-order valence-electron chi connectivity index (χ0n) is 12.9. The van der Waals surface area contributed by atoms with E-state index < -0.39 is 22.0 Å². The van der Waals surface area contributed by atoms with Crippen LogP contribution in [-0.2, 0) is 19.6 Å². The molecule has 1 aliphatic rings. The van der Waals surface area contributed by atoms with Crippen molar-refractivity contribution in [1.82, 2.24) is 4.31 Å². The molecule has 2 heterocycles. The molecular weight excluding hydrogens is 326 g/mol. The summed E-state index contributed by atoms with van der Waals surface area (Å²) in [5, 5.41) is 9.54. The van der Waals surface area contributed by atoms with Crippen molar-refractivity contribution in [3.05, 3.63) is 15.8 Å². The number of thiophene rings is 1. The summed E-state index contributed by atoms with van der Waals surface area (Å²) < 4.78 is 31.8. The van der Waals surface area contributed by atoms with E-state index in [1.54, 1.807) is 13.0 Å². The summed E-state index contributed by atoms with van der Waals surface area (Å²) in [5.74, 6) is -1.34. The Morgan fingerprint density at radius 1 is 1.41 bits per heavy atom. The molecule has 1 saturated heterocycles. The Balaban J connectivity index is 2.35. The maximum absolute atomic E-state index is 12.8. The summed E-state index contributed by atoms with van der Waals surface area (Å²) in [4.78, 5) is 13.4. The molecule has 6 nitrogen and oxygen atoms in total. The molecule has 1 aromatic rings. The summed E-state index contributed by atoms with van der Waals surface area (Å²) in [7, 11) is -2.46. The predicted octanol–water partition coefficient (Wildman–Crippen LogP) is 1.87. The van der Waals surface area contributed by atoms with Crippen LogP contribution in [0.5, 0.6) is 0 Å². The number of hydrogen-bond donors (Lipinski definition) is 1. The van der Waals surface area contributed by atoms with Crippen LogP contribution in [-0.4, -0.2) is 50.1 Å². The number of aliphatic carboxylic acids is 1. The molecule has 1 N–H and O–H groups in total. The van der Waals surface area contributed by atoms with Gasteiger partial charge in [-0.15, -0.1) is 11.3 Å². The van der Waals surface area contributed by atoms with Gasteiger partial charge < -0.3 is 9.84 Å². The van der Waals surface area contributed by atoms with Crippen molar-refractivity contribution in [3.8, 4) is 0 Å². The van der Waals surface area contributed by atoms with Crippen molar-refractivity contribution in [2.24, 2.45) is 5.92 Å². The van der Waals surface area contributed by atoms with E-state index in [9.17, 15) is 18.3 Å². The average molecular weight is 347 g/mol. The number of hydrogen-bond acceptors (Lipinski definition) is 5. The van der Waals surface area contributed by atoms with Gasteiger partial charge in [-0.2, -0.15) is 4.31 Å². The van der Waals surface area contributed by atoms with E-state index in [4.69, 9.17) is 4.74 Å². The first-order valence-corrected chi connectivity index (χ1v) is 9.36. The molecule has 0 aliphatic carbocycles. The minimum absolute atomic E-state index is 0.204. The zero-order valence-corrected chi connectivity index (χ0v) is 14.5. The average Bonchev–Trinajstić information content (AvgIpc) is 2.79. The Kier molecular flexibility index (Phi) is 5.26. The van der Waals surface area contributed by atoms with E-state index in [1.807, 2.05) is 6.92 Å². The lowest BCUT2D eigenvalue weighted by Gasteiger charge is -2.33. The number of carboxylic acids is 1. The second-order valence-electron chi connectivity index (χ2n) is 5.53. The highest BCUT2D eigenvalue weighted by atomic mass is 32.2. The molecule has 8 heteroatoms. The third-order valence-electron chi connectivity index (χ3n) is 4.01. The molecule has 124 valence electrons. The van der Waals surface area contributed by atoms with Gasteiger partial charge in [0, 0.05) is 30.0 Å². The second-order valence-corrected chi connectivity index (χ2v) is 8.96. The van der Waals surface area contributed by atoms with Crippen LogP contribution in [0, 0.1) is 19.8 Å². The minimum atomic E-state index is -3.82. The number of rotatable bonds is 5. The summed E-state index contributed by atoms with van der Waals surface area (Å²) >= 11 is 1.40. The molecule has 1 atom stereocenters. The number of carbonyl (C=O) groups is 1. The summed E-state index contributed by atoms with van der Waals surface area (Å²) in [6, 6.07) is 0.544. The fraction of sp³-hybridized carbons (Fsp3) is 0.643. The Labute approximate surface area is 134 Å². The molecule has 0 radical (unpaired) electrons. The van der Waals surface area contributed by atoms with E-state index >= 15 is 0 Å². The first-order chi connectivity index (χ1) is 10.2. The Morgan fingerprint density at radius 3 is 2.45 bits per heavy atom. The fourth-order valence-corrected chi connectivity index (χ4v) is 5.75. The van der Waals surface area contributed by atoms with E-state index in [1.165, 1.54) is 18.4 Å². The van der Waals surface area contributed by atoms with Crippen molar-refractivity contribution >= 4 is 27.3 Å². The lowest BCUT2D eigenvalue weighted by molar-refractivity contribution is -0.144. The standard InChI is InChI=1S/C14H21NO5S2/c1-9-8-12(10(2)21-9)22(18,19)15(3)13(14(16)17)11-4-6-20-7-5-11/h8,11,13H,4-7H2,1-3H3,(H,16,17). The highest BCUT2D eigenvalue weighted by Crippen LogP contribution is 2.31. The van der Waals surface area contributed by atoms with Crippen LogP contribution in [0.2, 0.25) is 0 Å². The molecular formula is C14H21NO5S2. The van der Waals surface area contributed by atoms with Crippen LogP contribution in [0.15, 0.2) is 11.0 Å². The highest BCUT2D eigenvalue weighted by molar-refractivity contribution is 7.89. The smallest absolute Gasteiger partial charge is 0.322 e. The summed E-state index contributed by atoms with van der Waals surface area (Å²) in [6.07, 6.45) is 1.11. The molecule has 0 spiro atoms. The largest absolute Gasteiger partial charge is 0.480 e. The number of likely N-dealkylation sites (N-methyl/N-ethyl adjacent to an activating group) is 1. The third kappa shape index (κ3) is 3.34. The number of ether oxygens (including phenoxy) is 1. The van der Waals surface area contributed by atoms with Crippen LogP contribution < -0.4 is 0 Å². The molecule has 1 unspecified atom stereocenters. The maximum atomic E-state index is 12.8. The zero-order chi connectivity index (χ0) is 16.5. The minimum Gasteiger partial charge on any atom is -0.480 e. The van der Waals surface area contributed by atoms with Crippen molar-refractivity contribution in [2.45, 2.75) is 37.6 Å². The molecule has 0 amide bonds. The molecule has 1 fully saturated rings. The van der Waals surface area contributed by atoms with Gasteiger partial charge in [-0.1, -0.05) is 0 Å². The highest BCUT2D eigenvalue weighted by Gasteiger charge is 2.39. The molecule has 2 rings (SSSR count). The number of sulfonamides is 1. The maximum Gasteiger partial charge on any atom is 0.322 e. The van der Waals surface area contributed by atoms with Gasteiger partial charge in [-0.25, -0.2) is 8.42 Å². The van der Waals surface area contributed by atoms with Gasteiger partial charge in [0.05, 0.1) is 4.90 Å². The van der Waals surface area contributed by atoms with Crippen LogP contribution in [0.25, 0.3) is 0 Å².